The van der Waals surface area contributed by atoms with Crippen LogP contribution in [0.15, 0.2) is 38.2 Å². The zero-order valence-electron chi connectivity index (χ0n) is 17.1. The number of hydrogen-bond donors (Lipinski definition) is 0. The van der Waals surface area contributed by atoms with Crippen molar-refractivity contribution >= 4 is 24.1 Å². The number of hydrazone groups is 1. The Labute approximate surface area is 181 Å². The minimum Gasteiger partial charge on any atom is -0.437 e. The van der Waals surface area contributed by atoms with Crippen LogP contribution in [0.1, 0.15) is 30.8 Å². The van der Waals surface area contributed by atoms with Crippen LogP contribution < -0.4 is 0 Å². The van der Waals surface area contributed by atoms with Crippen molar-refractivity contribution in [3.05, 3.63) is 56.0 Å². The van der Waals surface area contributed by atoms with E-state index in [0.29, 0.717) is 23.3 Å². The third-order valence-corrected chi connectivity index (χ3v) is 5.65. The van der Waals surface area contributed by atoms with Gasteiger partial charge < -0.3 is 18.1 Å². The zero-order valence-corrected chi connectivity index (χ0v) is 17.1. The Morgan fingerprint density at radius 2 is 1.75 bits per heavy atom. The molecule has 2 aromatic rings. The normalized spacial score (nSPS) is 20.6. The lowest BCUT2D eigenvalue weighted by Crippen LogP contribution is -2.54. The zero-order chi connectivity index (χ0) is 22.7. The van der Waals surface area contributed by atoms with Crippen LogP contribution in [0.4, 0.5) is 16.6 Å². The van der Waals surface area contributed by atoms with Gasteiger partial charge in [-0.1, -0.05) is 0 Å². The average Bonchev–Trinajstić information content (AvgIpc) is 3.47. The second-order valence-corrected chi connectivity index (χ2v) is 7.95. The quantitative estimate of drug-likeness (QED) is 0.258. The molecule has 1 amide bonds. The van der Waals surface area contributed by atoms with Gasteiger partial charge in [0.25, 0.3) is 0 Å². The van der Waals surface area contributed by atoms with Gasteiger partial charge in [0.2, 0.25) is 0 Å². The number of hydrogen-bond acceptors (Lipinski definition) is 9. The Hall–Kier alpha value is -3.74. The number of nitrogens with zero attached hydrogens (tertiary/aromatic N) is 5. The summed E-state index contributed by atoms with van der Waals surface area (Å²) >= 11 is 0. The van der Waals surface area contributed by atoms with Gasteiger partial charge in [-0.2, -0.15) is 10.1 Å². The molecule has 0 aliphatic carbocycles. The molecule has 13 nitrogen and oxygen atoms in total. The van der Waals surface area contributed by atoms with Crippen molar-refractivity contribution < 1.29 is 32.7 Å². The first kappa shape index (κ1) is 21.5. The highest BCUT2D eigenvalue weighted by atomic mass is 16.7. The summed E-state index contributed by atoms with van der Waals surface area (Å²) in [7, 11) is 0. The van der Waals surface area contributed by atoms with Crippen LogP contribution in [0.25, 0.3) is 0 Å². The Kier molecular flexibility index (Phi) is 5.90. The third kappa shape index (κ3) is 4.77. The van der Waals surface area contributed by atoms with E-state index in [9.17, 15) is 25.0 Å². The molecule has 2 aliphatic heterocycles. The number of carbonyl (C=O) groups is 1. The van der Waals surface area contributed by atoms with Crippen molar-refractivity contribution in [2.45, 2.75) is 31.9 Å². The van der Waals surface area contributed by atoms with Crippen molar-refractivity contribution in [1.82, 2.24) is 5.01 Å². The van der Waals surface area contributed by atoms with E-state index in [4.69, 9.17) is 13.6 Å². The topological polar surface area (TPSA) is 154 Å². The summed E-state index contributed by atoms with van der Waals surface area (Å²) < 4.78 is 16.5. The lowest BCUT2D eigenvalue weighted by Gasteiger charge is -2.41. The summed E-state index contributed by atoms with van der Waals surface area (Å²) in [5.74, 6) is -0.0340. The fraction of sp³-hybridized carbons (Fsp3) is 0.474. The van der Waals surface area contributed by atoms with E-state index in [1.165, 1.54) is 24.4 Å². The molecular weight excluding hydrogens is 426 g/mol. The first-order chi connectivity index (χ1) is 15.3. The van der Waals surface area contributed by atoms with Gasteiger partial charge in [-0.3, -0.25) is 20.2 Å². The number of nitro groups is 2. The van der Waals surface area contributed by atoms with Gasteiger partial charge >= 0.3 is 17.9 Å². The van der Waals surface area contributed by atoms with Gasteiger partial charge in [-0.25, -0.2) is 4.79 Å². The molecule has 1 atom stereocenters. The Bertz CT molecular complexity index is 1040. The maximum absolute atomic E-state index is 12.3. The highest BCUT2D eigenvalue weighted by Crippen LogP contribution is 2.28. The van der Waals surface area contributed by atoms with Gasteiger partial charge in [0.05, 0.1) is 38.0 Å². The van der Waals surface area contributed by atoms with Crippen LogP contribution in [0.3, 0.4) is 0 Å². The fourth-order valence-electron chi connectivity index (χ4n) is 4.23. The molecule has 0 bridgehead atoms. The van der Waals surface area contributed by atoms with Crippen molar-refractivity contribution in [3.63, 3.8) is 0 Å². The number of quaternary nitrogens is 1. The standard InChI is InChI=1S/C19H22N5O8/c25-19-21(20-10-14-4-6-17(30-14)22(26)27)11-16(32-19)13-24(8-2-1-3-9-24)12-15-5-7-18(31-15)23(28)29/h4-7,10,16H,1-3,8-9,11-13H2/q+1/b20-10-/t16-/m0/s1. The minimum atomic E-state index is -0.660. The van der Waals surface area contributed by atoms with Crippen LogP contribution >= 0.6 is 0 Å². The van der Waals surface area contributed by atoms with Crippen LogP contribution in [-0.4, -0.2) is 63.9 Å². The number of furan rings is 2. The smallest absolute Gasteiger partial charge is 0.433 e. The summed E-state index contributed by atoms with van der Waals surface area (Å²) in [5, 5.41) is 26.8. The number of ether oxygens (including phenoxy) is 1. The van der Waals surface area contributed by atoms with E-state index in [1.807, 2.05) is 0 Å². The van der Waals surface area contributed by atoms with Gasteiger partial charge in [0.15, 0.2) is 17.6 Å². The number of cyclic esters (lactones) is 1. The molecule has 0 aromatic carbocycles. The number of piperidine rings is 1. The molecule has 13 heteroatoms. The van der Waals surface area contributed by atoms with E-state index in [2.05, 4.69) is 5.10 Å². The second-order valence-electron chi connectivity index (χ2n) is 7.95. The van der Waals surface area contributed by atoms with Crippen molar-refractivity contribution in [2.75, 3.05) is 26.2 Å². The number of likely N-dealkylation sites (tertiary alicyclic amines) is 1. The van der Waals surface area contributed by atoms with Crippen molar-refractivity contribution in [2.24, 2.45) is 5.10 Å². The maximum Gasteiger partial charge on any atom is 0.433 e. The van der Waals surface area contributed by atoms with E-state index in [0.717, 1.165) is 37.4 Å². The van der Waals surface area contributed by atoms with Gasteiger partial charge in [-0.05, 0) is 31.4 Å². The summed E-state index contributed by atoms with van der Waals surface area (Å²) in [6.45, 7) is 2.92. The van der Waals surface area contributed by atoms with E-state index in [1.54, 1.807) is 6.07 Å². The first-order valence-electron chi connectivity index (χ1n) is 10.2. The predicted molar refractivity (Wildman–Crippen MR) is 108 cm³/mol. The van der Waals surface area contributed by atoms with Crippen LogP contribution in [0.5, 0.6) is 0 Å². The molecule has 2 saturated heterocycles. The number of amides is 1. The SMILES string of the molecule is O=C1O[C@H](C[N+]2(Cc3ccc([N+](=O)[O-])o3)CCCCC2)CN1/N=C\c1ccc([N+](=O)[O-])o1. The van der Waals surface area contributed by atoms with Crippen LogP contribution in [0, 0.1) is 20.2 Å². The molecular formula is C19H22N5O8+. The molecule has 2 aromatic heterocycles. The average molecular weight is 448 g/mol. The molecule has 0 saturated carbocycles. The molecule has 0 N–H and O–H groups in total. The lowest BCUT2D eigenvalue weighted by molar-refractivity contribution is -0.948. The molecule has 0 spiro atoms. The minimum absolute atomic E-state index is 0.145. The largest absolute Gasteiger partial charge is 0.437 e. The first-order valence-corrected chi connectivity index (χ1v) is 10.2. The monoisotopic (exact) mass is 448 g/mol. The molecule has 170 valence electrons. The number of carbonyl (C=O) groups excluding carboxylic acids is 1. The Balaban J connectivity index is 1.42. The van der Waals surface area contributed by atoms with Crippen molar-refractivity contribution in [1.29, 1.82) is 0 Å². The van der Waals surface area contributed by atoms with Gasteiger partial charge in [0.1, 0.15) is 22.9 Å². The van der Waals surface area contributed by atoms with Crippen molar-refractivity contribution in [3.8, 4) is 0 Å². The lowest BCUT2D eigenvalue weighted by atomic mass is 10.1. The second kappa shape index (κ2) is 8.78. The molecule has 32 heavy (non-hydrogen) atoms. The van der Waals surface area contributed by atoms with Crippen LogP contribution in [-0.2, 0) is 11.3 Å². The summed E-state index contributed by atoms with van der Waals surface area (Å²) in [5.41, 5.74) is 0. The summed E-state index contributed by atoms with van der Waals surface area (Å²) in [6.07, 6.45) is 3.30. The van der Waals surface area contributed by atoms with Gasteiger partial charge in [-0.15, -0.1) is 0 Å². The predicted octanol–water partition coefficient (Wildman–Crippen LogP) is 3.04. The molecule has 2 aliphatic rings. The molecule has 4 rings (SSSR count). The third-order valence-electron chi connectivity index (χ3n) is 5.65. The van der Waals surface area contributed by atoms with Gasteiger partial charge in [0, 0.05) is 0 Å². The summed E-state index contributed by atoms with van der Waals surface area (Å²) in [6, 6.07) is 5.56. The Morgan fingerprint density at radius 3 is 2.41 bits per heavy atom. The molecule has 2 fully saturated rings. The van der Waals surface area contributed by atoms with E-state index in [-0.39, 0.29) is 18.2 Å². The number of rotatable bonds is 8. The summed E-state index contributed by atoms with van der Waals surface area (Å²) in [4.78, 5) is 32.7. The fourth-order valence-corrected chi connectivity index (χ4v) is 4.23. The molecule has 0 radical (unpaired) electrons. The van der Waals surface area contributed by atoms with Crippen LogP contribution in [0.2, 0.25) is 0 Å². The maximum atomic E-state index is 12.3. The molecule has 0 unspecified atom stereocenters. The van der Waals surface area contributed by atoms with E-state index >= 15 is 0 Å². The Morgan fingerprint density at radius 1 is 1.06 bits per heavy atom. The molecule has 4 heterocycles. The highest BCUT2D eigenvalue weighted by molar-refractivity contribution is 5.78. The highest BCUT2D eigenvalue weighted by Gasteiger charge is 2.41. The van der Waals surface area contributed by atoms with E-state index < -0.39 is 27.9 Å².